The number of nitrogens with zero attached hydrogens (tertiary/aromatic N) is 1. The minimum absolute atomic E-state index is 0.852. The highest BCUT2D eigenvalue weighted by atomic mass is 14.7. The number of nitrogens with two attached hydrogens (primary N) is 1. The van der Waals surface area contributed by atoms with E-state index in [9.17, 15) is 0 Å². The predicted octanol–water partition coefficient (Wildman–Crippen LogP) is 1.65. The van der Waals surface area contributed by atoms with Crippen LogP contribution in [-0.4, -0.2) is 4.98 Å². The molecule has 0 aliphatic carbocycles. The van der Waals surface area contributed by atoms with Crippen LogP contribution in [0.1, 0.15) is 5.69 Å². The van der Waals surface area contributed by atoms with Crippen molar-refractivity contribution >= 4 is 0 Å². The Morgan fingerprint density at radius 2 is 2.25 bits per heavy atom. The maximum atomic E-state index is 5.16. The lowest BCUT2D eigenvalue weighted by Gasteiger charge is -1.91. The number of allylic oxidation sites excluding steroid dienone is 3. The summed E-state index contributed by atoms with van der Waals surface area (Å²) in [5.74, 6) is 0. The van der Waals surface area contributed by atoms with Crippen LogP contribution in [-0.2, 0) is 6.42 Å². The van der Waals surface area contributed by atoms with Crippen LogP contribution in [0.3, 0.4) is 0 Å². The van der Waals surface area contributed by atoms with E-state index in [4.69, 9.17) is 5.73 Å². The van der Waals surface area contributed by atoms with Crippen molar-refractivity contribution in [2.75, 3.05) is 0 Å². The normalized spacial score (nSPS) is 11.3. The number of rotatable bonds is 3. The summed E-state index contributed by atoms with van der Waals surface area (Å²) in [7, 11) is 0. The van der Waals surface area contributed by atoms with Gasteiger partial charge < -0.3 is 5.73 Å². The molecule has 0 atom stereocenters. The van der Waals surface area contributed by atoms with Gasteiger partial charge in [0.25, 0.3) is 0 Å². The zero-order valence-corrected chi connectivity index (χ0v) is 6.85. The Bertz CT molecular complexity index is 262. The third kappa shape index (κ3) is 3.01. The van der Waals surface area contributed by atoms with Crippen molar-refractivity contribution in [3.05, 3.63) is 54.5 Å². The molecule has 0 amide bonds. The molecule has 0 saturated carbocycles. The summed E-state index contributed by atoms with van der Waals surface area (Å²) < 4.78 is 0. The molecule has 0 unspecified atom stereocenters. The SMILES string of the molecule is N/C=C\C=C/Cc1ccccn1. The average Bonchev–Trinajstić information content (AvgIpc) is 2.14. The molecule has 1 aromatic heterocycles. The van der Waals surface area contributed by atoms with Crippen molar-refractivity contribution in [1.29, 1.82) is 0 Å². The maximum Gasteiger partial charge on any atom is 0.0441 e. The van der Waals surface area contributed by atoms with E-state index in [1.54, 1.807) is 12.3 Å². The average molecular weight is 160 g/mol. The van der Waals surface area contributed by atoms with Gasteiger partial charge in [-0.2, -0.15) is 0 Å². The van der Waals surface area contributed by atoms with E-state index in [0.29, 0.717) is 0 Å². The van der Waals surface area contributed by atoms with Crippen molar-refractivity contribution < 1.29 is 0 Å². The number of aromatic nitrogens is 1. The van der Waals surface area contributed by atoms with Gasteiger partial charge in [0, 0.05) is 18.3 Å². The first-order valence-corrected chi connectivity index (χ1v) is 3.87. The van der Waals surface area contributed by atoms with E-state index in [2.05, 4.69) is 4.98 Å². The Hall–Kier alpha value is -1.57. The fraction of sp³-hybridized carbons (Fsp3) is 0.100. The third-order valence-electron chi connectivity index (χ3n) is 1.41. The molecule has 2 N–H and O–H groups in total. The molecule has 12 heavy (non-hydrogen) atoms. The largest absolute Gasteiger partial charge is 0.405 e. The summed E-state index contributed by atoms with van der Waals surface area (Å²) in [6.07, 6.45) is 9.88. The fourth-order valence-electron chi connectivity index (χ4n) is 0.850. The quantitative estimate of drug-likeness (QED) is 0.683. The highest BCUT2D eigenvalue weighted by Crippen LogP contribution is 1.95. The minimum atomic E-state index is 0.852. The van der Waals surface area contributed by atoms with Gasteiger partial charge in [-0.25, -0.2) is 0 Å². The van der Waals surface area contributed by atoms with Gasteiger partial charge in [0.1, 0.15) is 0 Å². The number of hydrogen-bond acceptors (Lipinski definition) is 2. The molecule has 0 aromatic carbocycles. The van der Waals surface area contributed by atoms with E-state index in [1.807, 2.05) is 30.4 Å². The second kappa shape index (κ2) is 5.13. The van der Waals surface area contributed by atoms with Crippen LogP contribution < -0.4 is 5.73 Å². The van der Waals surface area contributed by atoms with Crippen molar-refractivity contribution in [1.82, 2.24) is 4.98 Å². The second-order valence-corrected chi connectivity index (χ2v) is 2.34. The van der Waals surface area contributed by atoms with Crippen molar-refractivity contribution in [2.45, 2.75) is 6.42 Å². The molecule has 62 valence electrons. The second-order valence-electron chi connectivity index (χ2n) is 2.34. The smallest absolute Gasteiger partial charge is 0.0441 e. The van der Waals surface area contributed by atoms with Crippen LogP contribution in [0.25, 0.3) is 0 Å². The number of pyridine rings is 1. The summed E-state index contributed by atoms with van der Waals surface area (Å²) >= 11 is 0. The van der Waals surface area contributed by atoms with Gasteiger partial charge in [-0.3, -0.25) is 4.98 Å². The molecule has 0 radical (unpaired) electrons. The van der Waals surface area contributed by atoms with Gasteiger partial charge in [0.2, 0.25) is 0 Å². The van der Waals surface area contributed by atoms with E-state index in [0.717, 1.165) is 12.1 Å². The van der Waals surface area contributed by atoms with Crippen LogP contribution >= 0.6 is 0 Å². The summed E-state index contributed by atoms with van der Waals surface area (Å²) in [4.78, 5) is 4.17. The first-order chi connectivity index (χ1) is 5.93. The Kier molecular flexibility index (Phi) is 3.64. The maximum absolute atomic E-state index is 5.16. The molecular formula is C10H12N2. The lowest BCUT2D eigenvalue weighted by atomic mass is 10.2. The van der Waals surface area contributed by atoms with Gasteiger partial charge in [0.05, 0.1) is 0 Å². The summed E-state index contributed by atoms with van der Waals surface area (Å²) in [6.45, 7) is 0. The molecule has 2 heteroatoms. The Morgan fingerprint density at radius 3 is 2.92 bits per heavy atom. The zero-order chi connectivity index (χ0) is 8.65. The van der Waals surface area contributed by atoms with Crippen LogP contribution in [0, 0.1) is 0 Å². The van der Waals surface area contributed by atoms with Crippen molar-refractivity contribution in [3.63, 3.8) is 0 Å². The van der Waals surface area contributed by atoms with E-state index >= 15 is 0 Å². The van der Waals surface area contributed by atoms with Crippen LogP contribution in [0.15, 0.2) is 48.8 Å². The van der Waals surface area contributed by atoms with Crippen LogP contribution in [0.5, 0.6) is 0 Å². The first-order valence-electron chi connectivity index (χ1n) is 3.87. The monoisotopic (exact) mass is 160 g/mol. The van der Waals surface area contributed by atoms with Gasteiger partial charge in [-0.05, 0) is 24.4 Å². The topological polar surface area (TPSA) is 38.9 Å². The molecule has 1 aromatic rings. The molecule has 2 nitrogen and oxygen atoms in total. The molecule has 0 saturated heterocycles. The number of hydrogen-bond donors (Lipinski definition) is 1. The third-order valence-corrected chi connectivity index (χ3v) is 1.41. The molecule has 0 fully saturated rings. The molecule has 0 spiro atoms. The molecule has 1 rings (SSSR count). The van der Waals surface area contributed by atoms with Crippen molar-refractivity contribution in [3.8, 4) is 0 Å². The van der Waals surface area contributed by atoms with Crippen LogP contribution in [0.2, 0.25) is 0 Å². The minimum Gasteiger partial charge on any atom is -0.405 e. The van der Waals surface area contributed by atoms with Crippen molar-refractivity contribution in [2.24, 2.45) is 5.73 Å². The van der Waals surface area contributed by atoms with Gasteiger partial charge in [-0.15, -0.1) is 0 Å². The lowest BCUT2D eigenvalue weighted by molar-refractivity contribution is 1.11. The Balaban J connectivity index is 2.43. The first kappa shape index (κ1) is 8.53. The molecule has 0 bridgehead atoms. The highest BCUT2D eigenvalue weighted by Gasteiger charge is 1.85. The fourth-order valence-corrected chi connectivity index (χ4v) is 0.850. The molecule has 0 aliphatic rings. The van der Waals surface area contributed by atoms with Gasteiger partial charge in [0.15, 0.2) is 0 Å². The Morgan fingerprint density at radius 1 is 1.33 bits per heavy atom. The standard InChI is InChI=1S/C10H12N2/c11-8-4-1-2-6-10-7-3-5-9-12-10/h1-5,7-9H,6,11H2/b2-1-,8-4-. The lowest BCUT2D eigenvalue weighted by Crippen LogP contribution is -1.83. The van der Waals surface area contributed by atoms with E-state index in [1.165, 1.54) is 6.20 Å². The highest BCUT2D eigenvalue weighted by molar-refractivity contribution is 5.10. The summed E-state index contributed by atoms with van der Waals surface area (Å²) in [5.41, 5.74) is 6.23. The predicted molar refractivity (Wildman–Crippen MR) is 50.4 cm³/mol. The van der Waals surface area contributed by atoms with Crippen LogP contribution in [0.4, 0.5) is 0 Å². The summed E-state index contributed by atoms with van der Waals surface area (Å²) in [5, 5.41) is 0. The summed E-state index contributed by atoms with van der Waals surface area (Å²) in [6, 6.07) is 5.89. The van der Waals surface area contributed by atoms with E-state index in [-0.39, 0.29) is 0 Å². The Labute approximate surface area is 72.4 Å². The molecule has 1 heterocycles. The zero-order valence-electron chi connectivity index (χ0n) is 6.85. The molecular weight excluding hydrogens is 148 g/mol. The van der Waals surface area contributed by atoms with Gasteiger partial charge >= 0.3 is 0 Å². The van der Waals surface area contributed by atoms with Gasteiger partial charge in [-0.1, -0.05) is 18.2 Å². The molecule has 0 aliphatic heterocycles. The van der Waals surface area contributed by atoms with E-state index < -0.39 is 0 Å².